The second-order valence-corrected chi connectivity index (χ2v) is 8.07. The lowest BCUT2D eigenvalue weighted by molar-refractivity contribution is 0.0179. The Morgan fingerprint density at radius 2 is 1.91 bits per heavy atom. The van der Waals surface area contributed by atoms with Crippen LogP contribution in [0.2, 0.25) is 0 Å². The molecule has 1 fully saturated rings. The SMILES string of the molecule is CC(Nc1ccccc1Br)C1CCN(C(=O)OC(C)(C)C)CC1. The average molecular weight is 383 g/mol. The molecule has 0 aliphatic carbocycles. The molecule has 1 amide bonds. The van der Waals surface area contributed by atoms with Gasteiger partial charge < -0.3 is 15.0 Å². The molecule has 1 heterocycles. The Kier molecular flexibility index (Phi) is 5.95. The zero-order chi connectivity index (χ0) is 17.0. The minimum absolute atomic E-state index is 0.192. The van der Waals surface area contributed by atoms with E-state index in [1.807, 2.05) is 43.9 Å². The van der Waals surface area contributed by atoms with Crippen LogP contribution in [0.25, 0.3) is 0 Å². The first kappa shape index (κ1) is 18.1. The highest BCUT2D eigenvalue weighted by Gasteiger charge is 2.29. The van der Waals surface area contributed by atoms with Crippen molar-refractivity contribution in [3.05, 3.63) is 28.7 Å². The van der Waals surface area contributed by atoms with Crippen molar-refractivity contribution in [2.24, 2.45) is 5.92 Å². The number of hydrogen-bond acceptors (Lipinski definition) is 3. The van der Waals surface area contributed by atoms with Gasteiger partial charge in [0, 0.05) is 29.3 Å². The number of ether oxygens (including phenoxy) is 1. The number of piperidine rings is 1. The molecule has 1 aromatic rings. The third-order valence-corrected chi connectivity index (χ3v) is 4.85. The Morgan fingerprint density at radius 3 is 2.48 bits per heavy atom. The smallest absolute Gasteiger partial charge is 0.410 e. The van der Waals surface area contributed by atoms with Gasteiger partial charge in [-0.3, -0.25) is 0 Å². The molecule has 0 aromatic heterocycles. The van der Waals surface area contributed by atoms with Crippen molar-refractivity contribution in [3.63, 3.8) is 0 Å². The van der Waals surface area contributed by atoms with Gasteiger partial charge in [-0.15, -0.1) is 0 Å². The van der Waals surface area contributed by atoms with Gasteiger partial charge in [0.2, 0.25) is 0 Å². The lowest BCUT2D eigenvalue weighted by Gasteiger charge is -2.36. The largest absolute Gasteiger partial charge is 0.444 e. The van der Waals surface area contributed by atoms with Gasteiger partial charge in [-0.25, -0.2) is 4.79 Å². The van der Waals surface area contributed by atoms with Crippen LogP contribution in [0.15, 0.2) is 28.7 Å². The third-order valence-electron chi connectivity index (χ3n) is 4.16. The lowest BCUT2D eigenvalue weighted by atomic mass is 9.90. The number of benzene rings is 1. The van der Waals surface area contributed by atoms with Crippen molar-refractivity contribution in [1.29, 1.82) is 0 Å². The lowest BCUT2D eigenvalue weighted by Crippen LogP contribution is -2.44. The quantitative estimate of drug-likeness (QED) is 0.808. The van der Waals surface area contributed by atoms with Gasteiger partial charge in [0.15, 0.2) is 0 Å². The van der Waals surface area contributed by atoms with Crippen LogP contribution in [0.1, 0.15) is 40.5 Å². The highest BCUT2D eigenvalue weighted by Crippen LogP contribution is 2.27. The number of anilines is 1. The molecule has 5 heteroatoms. The zero-order valence-corrected chi connectivity index (χ0v) is 16.0. The van der Waals surface area contributed by atoms with Crippen molar-refractivity contribution in [2.45, 2.75) is 52.2 Å². The monoisotopic (exact) mass is 382 g/mol. The molecule has 23 heavy (non-hydrogen) atoms. The van der Waals surface area contributed by atoms with Crippen molar-refractivity contribution in [2.75, 3.05) is 18.4 Å². The van der Waals surface area contributed by atoms with Gasteiger partial charge in [-0.05, 0) is 74.5 Å². The predicted molar refractivity (Wildman–Crippen MR) is 97.8 cm³/mol. The second-order valence-electron chi connectivity index (χ2n) is 7.22. The molecular formula is C18H27BrN2O2. The van der Waals surface area contributed by atoms with E-state index in [2.05, 4.69) is 34.2 Å². The molecule has 1 atom stereocenters. The summed E-state index contributed by atoms with van der Waals surface area (Å²) >= 11 is 3.57. The van der Waals surface area contributed by atoms with E-state index in [0.717, 1.165) is 36.1 Å². The first-order valence-electron chi connectivity index (χ1n) is 8.25. The number of hydrogen-bond donors (Lipinski definition) is 1. The molecule has 2 rings (SSSR count). The summed E-state index contributed by atoms with van der Waals surface area (Å²) in [6.45, 7) is 9.46. The molecule has 0 saturated carbocycles. The second kappa shape index (κ2) is 7.56. The average Bonchev–Trinajstić information content (AvgIpc) is 2.48. The van der Waals surface area contributed by atoms with Crippen LogP contribution in [0.5, 0.6) is 0 Å². The summed E-state index contributed by atoms with van der Waals surface area (Å²) in [5.74, 6) is 0.556. The molecule has 1 saturated heterocycles. The minimum atomic E-state index is -0.428. The Bertz CT molecular complexity index is 534. The fourth-order valence-corrected chi connectivity index (χ4v) is 3.25. The molecule has 0 radical (unpaired) electrons. The molecule has 128 valence electrons. The number of likely N-dealkylation sites (tertiary alicyclic amines) is 1. The summed E-state index contributed by atoms with van der Waals surface area (Å²) in [6, 6.07) is 8.54. The number of nitrogens with one attached hydrogen (secondary N) is 1. The molecule has 4 nitrogen and oxygen atoms in total. The number of halogens is 1. The van der Waals surface area contributed by atoms with Gasteiger partial charge in [0.1, 0.15) is 5.60 Å². The van der Waals surface area contributed by atoms with Crippen LogP contribution in [-0.4, -0.2) is 35.7 Å². The normalized spacial score (nSPS) is 17.7. The molecule has 1 unspecified atom stereocenters. The first-order chi connectivity index (χ1) is 10.8. The third kappa shape index (κ3) is 5.41. The van der Waals surface area contributed by atoms with Crippen molar-refractivity contribution < 1.29 is 9.53 Å². The van der Waals surface area contributed by atoms with Gasteiger partial charge in [-0.1, -0.05) is 12.1 Å². The fourth-order valence-electron chi connectivity index (χ4n) is 2.85. The van der Waals surface area contributed by atoms with E-state index in [0.29, 0.717) is 12.0 Å². The zero-order valence-electron chi connectivity index (χ0n) is 14.4. The van der Waals surface area contributed by atoms with Crippen LogP contribution in [0.4, 0.5) is 10.5 Å². The summed E-state index contributed by atoms with van der Waals surface area (Å²) in [7, 11) is 0. The summed E-state index contributed by atoms with van der Waals surface area (Å²) in [4.78, 5) is 13.9. The van der Waals surface area contributed by atoms with E-state index in [1.165, 1.54) is 0 Å². The number of nitrogens with zero attached hydrogens (tertiary/aromatic N) is 1. The Hall–Kier alpha value is -1.23. The van der Waals surface area contributed by atoms with Crippen molar-refractivity contribution in [3.8, 4) is 0 Å². The molecule has 1 aromatic carbocycles. The maximum atomic E-state index is 12.1. The highest BCUT2D eigenvalue weighted by atomic mass is 79.9. The van der Waals surface area contributed by atoms with Crippen LogP contribution < -0.4 is 5.32 Å². The number of amides is 1. The van der Waals surface area contributed by atoms with Gasteiger partial charge in [-0.2, -0.15) is 0 Å². The van der Waals surface area contributed by atoms with E-state index in [4.69, 9.17) is 4.74 Å². The Balaban J connectivity index is 1.84. The van der Waals surface area contributed by atoms with Crippen molar-refractivity contribution >= 4 is 27.7 Å². The molecule has 1 aliphatic heterocycles. The Morgan fingerprint density at radius 1 is 1.30 bits per heavy atom. The molecule has 1 aliphatic rings. The Labute approximate surface area is 147 Å². The fraction of sp³-hybridized carbons (Fsp3) is 0.611. The van der Waals surface area contributed by atoms with Crippen LogP contribution in [-0.2, 0) is 4.74 Å². The predicted octanol–water partition coefficient (Wildman–Crippen LogP) is 4.90. The molecular weight excluding hydrogens is 356 g/mol. The van der Waals surface area contributed by atoms with Gasteiger partial charge >= 0.3 is 6.09 Å². The summed E-state index contributed by atoms with van der Waals surface area (Å²) in [5, 5.41) is 3.58. The van der Waals surface area contributed by atoms with E-state index < -0.39 is 5.60 Å². The number of rotatable bonds is 3. The number of carbonyl (C=O) groups excluding carboxylic acids is 1. The highest BCUT2D eigenvalue weighted by molar-refractivity contribution is 9.10. The van der Waals surface area contributed by atoms with E-state index in [-0.39, 0.29) is 6.09 Å². The maximum absolute atomic E-state index is 12.1. The topological polar surface area (TPSA) is 41.6 Å². The van der Waals surface area contributed by atoms with Crippen LogP contribution in [0.3, 0.4) is 0 Å². The van der Waals surface area contributed by atoms with E-state index in [1.54, 1.807) is 0 Å². The summed E-state index contributed by atoms with van der Waals surface area (Å²) in [5.41, 5.74) is 0.692. The van der Waals surface area contributed by atoms with Crippen LogP contribution >= 0.6 is 15.9 Å². The minimum Gasteiger partial charge on any atom is -0.444 e. The summed E-state index contributed by atoms with van der Waals surface area (Å²) in [6.07, 6.45) is 1.80. The standard InChI is InChI=1S/C18H27BrN2O2/c1-13(20-16-8-6-5-7-15(16)19)14-9-11-21(12-10-14)17(22)23-18(2,3)4/h5-8,13-14,20H,9-12H2,1-4H3. The molecule has 0 spiro atoms. The van der Waals surface area contributed by atoms with E-state index in [9.17, 15) is 4.79 Å². The van der Waals surface area contributed by atoms with E-state index >= 15 is 0 Å². The van der Waals surface area contributed by atoms with Gasteiger partial charge in [0.25, 0.3) is 0 Å². The first-order valence-corrected chi connectivity index (χ1v) is 9.04. The van der Waals surface area contributed by atoms with Crippen molar-refractivity contribution in [1.82, 2.24) is 4.90 Å². The number of carbonyl (C=O) groups is 1. The van der Waals surface area contributed by atoms with Gasteiger partial charge in [0.05, 0.1) is 0 Å². The summed E-state index contributed by atoms with van der Waals surface area (Å²) < 4.78 is 6.53. The number of para-hydroxylation sites is 1. The molecule has 0 bridgehead atoms. The van der Waals surface area contributed by atoms with Crippen LogP contribution in [0, 0.1) is 5.92 Å². The molecule has 1 N–H and O–H groups in total. The maximum Gasteiger partial charge on any atom is 0.410 e.